The number of ether oxygens (including phenoxy) is 1. The van der Waals surface area contributed by atoms with Gasteiger partial charge < -0.3 is 20.1 Å². The van der Waals surface area contributed by atoms with Gasteiger partial charge >= 0.3 is 12.1 Å². The molecule has 1 saturated carbocycles. The Morgan fingerprint density at radius 3 is 2.18 bits per heavy atom. The minimum Gasteiger partial charge on any atom is -0.488 e. The number of hydroxylamine groups is 1. The number of pyridine rings is 1. The number of fused-ring (bicyclic) bond motifs is 1. The van der Waals surface area contributed by atoms with E-state index in [9.17, 15) is 32.8 Å². The van der Waals surface area contributed by atoms with Crippen LogP contribution in [0.3, 0.4) is 0 Å². The second-order valence-corrected chi connectivity index (χ2v) is 11.8. The first-order valence-corrected chi connectivity index (χ1v) is 15.4. The van der Waals surface area contributed by atoms with Gasteiger partial charge in [0.1, 0.15) is 12.4 Å². The Hall–Kier alpha value is -5.50. The zero-order chi connectivity index (χ0) is 35.2. The van der Waals surface area contributed by atoms with Gasteiger partial charge in [-0.05, 0) is 60.7 Å². The van der Waals surface area contributed by atoms with Crippen molar-refractivity contribution in [1.29, 1.82) is 0 Å². The van der Waals surface area contributed by atoms with Crippen LogP contribution in [-0.2, 0) is 31.2 Å². The molecule has 11 nitrogen and oxygen atoms in total. The number of nitrogens with one attached hydrogen (secondary N) is 2. The van der Waals surface area contributed by atoms with E-state index in [1.807, 2.05) is 72.8 Å². The highest BCUT2D eigenvalue weighted by Crippen LogP contribution is 2.50. The van der Waals surface area contributed by atoms with Crippen LogP contribution in [0.4, 0.5) is 18.9 Å². The Morgan fingerprint density at radius 1 is 0.898 bits per heavy atom. The predicted octanol–water partition coefficient (Wildman–Crippen LogP) is 5.09. The quantitative estimate of drug-likeness (QED) is 0.148. The highest BCUT2D eigenvalue weighted by atomic mass is 19.4. The number of hydrogen-bond donors (Lipinski definition) is 4. The van der Waals surface area contributed by atoms with Crippen molar-refractivity contribution in [2.75, 3.05) is 18.4 Å². The molecule has 1 aliphatic heterocycles. The second kappa shape index (κ2) is 14.7. The molecule has 4 N–H and O–H groups in total. The molecular weight excluding hydrogens is 645 g/mol. The lowest BCUT2D eigenvalue weighted by atomic mass is 9.83. The van der Waals surface area contributed by atoms with Crippen molar-refractivity contribution in [1.82, 2.24) is 15.4 Å². The number of hydrogen-bond acceptors (Lipinski definition) is 7. The van der Waals surface area contributed by atoms with Crippen LogP contribution in [0, 0.1) is 11.8 Å². The minimum absolute atomic E-state index is 0.0270. The fraction of sp³-hybridized carbons (Fsp3) is 0.286. The lowest BCUT2D eigenvalue weighted by Gasteiger charge is -2.38. The summed E-state index contributed by atoms with van der Waals surface area (Å²) in [5.74, 6) is -4.61. The molecule has 1 aromatic heterocycles. The third kappa shape index (κ3) is 8.15. The van der Waals surface area contributed by atoms with Gasteiger partial charge in [0.15, 0.2) is 0 Å². The van der Waals surface area contributed by atoms with Gasteiger partial charge in [-0.15, -0.1) is 0 Å². The number of likely N-dealkylation sites (tertiary alicyclic amines) is 1. The Kier molecular flexibility index (Phi) is 10.5. The number of carboxylic acids is 1. The van der Waals surface area contributed by atoms with Crippen LogP contribution in [0.25, 0.3) is 10.9 Å². The van der Waals surface area contributed by atoms with Crippen LogP contribution >= 0.6 is 0 Å². The van der Waals surface area contributed by atoms with E-state index in [1.54, 1.807) is 28.7 Å². The molecule has 1 saturated heterocycles. The Balaban J connectivity index is 0.000000606. The molecule has 0 bridgehead atoms. The molecule has 0 spiro atoms. The number of anilines is 1. The minimum atomic E-state index is -5.08. The highest BCUT2D eigenvalue weighted by molar-refractivity contribution is 5.97. The number of benzene rings is 3. The molecule has 2 fully saturated rings. The van der Waals surface area contributed by atoms with E-state index >= 15 is 0 Å². The van der Waals surface area contributed by atoms with Crippen LogP contribution < -0.4 is 15.5 Å². The van der Waals surface area contributed by atoms with Crippen molar-refractivity contribution in [3.63, 3.8) is 0 Å². The second-order valence-electron chi connectivity index (χ2n) is 11.8. The summed E-state index contributed by atoms with van der Waals surface area (Å²) in [6.45, 7) is 0.774. The van der Waals surface area contributed by atoms with Crippen molar-refractivity contribution in [2.24, 2.45) is 11.8 Å². The molecule has 0 radical (unpaired) electrons. The van der Waals surface area contributed by atoms with Gasteiger partial charge in [-0.1, -0.05) is 54.6 Å². The average Bonchev–Trinajstić information content (AvgIpc) is 3.93. The molecular formula is C35H33F3N4O7. The summed E-state index contributed by atoms with van der Waals surface area (Å²) in [6, 6.07) is 26.6. The molecule has 49 heavy (non-hydrogen) atoms. The summed E-state index contributed by atoms with van der Waals surface area (Å²) in [5, 5.41) is 20.4. The first-order chi connectivity index (χ1) is 23.4. The van der Waals surface area contributed by atoms with E-state index in [1.165, 1.54) is 0 Å². The van der Waals surface area contributed by atoms with Crippen LogP contribution in [0.1, 0.15) is 30.4 Å². The first-order valence-electron chi connectivity index (χ1n) is 15.4. The fourth-order valence-electron chi connectivity index (χ4n) is 5.89. The van der Waals surface area contributed by atoms with Crippen molar-refractivity contribution in [3.8, 4) is 5.75 Å². The number of carbonyl (C=O) groups is 4. The van der Waals surface area contributed by atoms with Gasteiger partial charge in [0.2, 0.25) is 17.7 Å². The van der Waals surface area contributed by atoms with Crippen LogP contribution in [-0.4, -0.2) is 63.2 Å². The molecule has 3 amide bonds. The smallest absolute Gasteiger partial charge is 0.488 e. The van der Waals surface area contributed by atoms with Crippen molar-refractivity contribution < 1.29 is 47.4 Å². The van der Waals surface area contributed by atoms with Crippen molar-refractivity contribution in [2.45, 2.75) is 37.5 Å². The molecule has 2 aliphatic rings. The Morgan fingerprint density at radius 2 is 1.55 bits per heavy atom. The summed E-state index contributed by atoms with van der Waals surface area (Å²) in [4.78, 5) is 54.5. The standard InChI is InChI=1S/C33H32N4O5.C2HF3O2/c38-30(35-24-12-10-22(11-13-24)21-42-29-14-18-34-28-9-5-4-8-26(28)29)25-15-19-37(20-27(25)31(39)36-41)32(40)33(16-17-33)23-6-2-1-3-7-23;3-2(4,5)1(6)7/h1-14,18,25,27,41H,15-17,19-21H2,(H,35,38)(H,36,39);(H,6,7)/t25-,27-;/m0./s1. The zero-order valence-corrected chi connectivity index (χ0v) is 26.0. The van der Waals surface area contributed by atoms with Crippen LogP contribution in [0.5, 0.6) is 5.75 Å². The maximum atomic E-state index is 13.6. The molecule has 0 unspecified atom stereocenters. The maximum absolute atomic E-state index is 13.6. The molecule has 14 heteroatoms. The van der Waals surface area contributed by atoms with E-state index in [-0.39, 0.29) is 18.4 Å². The molecule has 6 rings (SSSR count). The average molecular weight is 679 g/mol. The largest absolute Gasteiger partial charge is 0.490 e. The number of nitrogens with zero attached hydrogens (tertiary/aromatic N) is 2. The molecule has 4 aromatic rings. The van der Waals surface area contributed by atoms with Crippen molar-refractivity contribution in [3.05, 3.63) is 102 Å². The number of piperidine rings is 1. The highest BCUT2D eigenvalue weighted by Gasteiger charge is 2.54. The monoisotopic (exact) mass is 678 g/mol. The van der Waals surface area contributed by atoms with Gasteiger partial charge in [-0.25, -0.2) is 10.3 Å². The number of carbonyl (C=O) groups excluding carboxylic acids is 3. The summed E-state index contributed by atoms with van der Waals surface area (Å²) < 4.78 is 37.8. The molecule has 256 valence electrons. The predicted molar refractivity (Wildman–Crippen MR) is 170 cm³/mol. The van der Waals surface area contributed by atoms with Gasteiger partial charge in [-0.3, -0.25) is 24.6 Å². The summed E-state index contributed by atoms with van der Waals surface area (Å²) in [5.41, 5.74) is 4.48. The normalized spacial score (nSPS) is 18.0. The Labute approximate surface area is 278 Å². The lowest BCUT2D eigenvalue weighted by molar-refractivity contribution is -0.192. The van der Waals surface area contributed by atoms with Gasteiger partial charge in [0.05, 0.1) is 22.8 Å². The van der Waals surface area contributed by atoms with Crippen LogP contribution in [0.15, 0.2) is 91.1 Å². The van der Waals surface area contributed by atoms with E-state index in [0.29, 0.717) is 25.3 Å². The number of rotatable bonds is 8. The fourth-order valence-corrected chi connectivity index (χ4v) is 5.89. The van der Waals surface area contributed by atoms with E-state index < -0.39 is 35.3 Å². The molecule has 2 atom stereocenters. The zero-order valence-electron chi connectivity index (χ0n) is 26.0. The van der Waals surface area contributed by atoms with E-state index in [2.05, 4.69) is 10.3 Å². The molecule has 1 aliphatic carbocycles. The number of carboxylic acid groups (broad SMARTS) is 1. The summed E-state index contributed by atoms with van der Waals surface area (Å²) in [6.07, 6.45) is -1.54. The van der Waals surface area contributed by atoms with Crippen molar-refractivity contribution >= 4 is 40.3 Å². The van der Waals surface area contributed by atoms with Gasteiger partial charge in [-0.2, -0.15) is 13.2 Å². The SMILES string of the molecule is O=C(NO)[C@H]1CN(C(=O)C2(c3ccccc3)CC2)CC[C@@H]1C(=O)Nc1ccc(COc2ccnc3ccccc23)cc1.O=C(O)C(F)(F)F. The van der Waals surface area contributed by atoms with Crippen LogP contribution in [0.2, 0.25) is 0 Å². The topological polar surface area (TPSA) is 158 Å². The molecule has 2 heterocycles. The number of aliphatic carboxylic acids is 1. The first kappa shape index (κ1) is 34.8. The summed E-state index contributed by atoms with van der Waals surface area (Å²) >= 11 is 0. The van der Waals surface area contributed by atoms with Gasteiger partial charge in [0.25, 0.3) is 0 Å². The number of halogens is 3. The number of aromatic nitrogens is 1. The number of amides is 3. The lowest BCUT2D eigenvalue weighted by Crippen LogP contribution is -2.53. The summed E-state index contributed by atoms with van der Waals surface area (Å²) in [7, 11) is 0. The number of alkyl halides is 3. The van der Waals surface area contributed by atoms with Gasteiger partial charge in [0, 0.05) is 30.4 Å². The molecule has 3 aromatic carbocycles. The number of para-hydroxylation sites is 1. The Bertz CT molecular complexity index is 1810. The maximum Gasteiger partial charge on any atom is 0.490 e. The third-order valence-electron chi connectivity index (χ3n) is 8.64. The van der Waals surface area contributed by atoms with E-state index in [4.69, 9.17) is 14.6 Å². The van der Waals surface area contributed by atoms with E-state index in [0.717, 1.165) is 40.6 Å². The third-order valence-corrected chi connectivity index (χ3v) is 8.64.